The Labute approximate surface area is 236 Å². The summed E-state index contributed by atoms with van der Waals surface area (Å²) < 4.78 is 23.6. The molecule has 0 atom stereocenters. The Kier molecular flexibility index (Phi) is 6.30. The Morgan fingerprint density at radius 1 is 1.03 bits per heavy atom. The van der Waals surface area contributed by atoms with E-state index in [1.165, 1.54) is 19.9 Å². The predicted molar refractivity (Wildman–Crippen MR) is 151 cm³/mol. The van der Waals surface area contributed by atoms with Crippen LogP contribution in [0.5, 0.6) is 0 Å². The Morgan fingerprint density at radius 3 is 2.66 bits per heavy atom. The molecule has 0 saturated carbocycles. The number of rotatable bonds is 2. The molecule has 189 valence electrons. The van der Waals surface area contributed by atoms with E-state index in [0.717, 1.165) is 60.4 Å². The van der Waals surface area contributed by atoms with Crippen LogP contribution in [-0.4, -0.2) is 15.9 Å². The maximum Gasteiger partial charge on any atom is 0.155 e. The van der Waals surface area contributed by atoms with Gasteiger partial charge in [-0.3, -0.25) is 9.78 Å². The van der Waals surface area contributed by atoms with E-state index in [-0.39, 0.29) is 31.6 Å². The van der Waals surface area contributed by atoms with E-state index >= 15 is 0 Å². The summed E-state index contributed by atoms with van der Waals surface area (Å²) in [5, 5.41) is 13.1. The van der Waals surface area contributed by atoms with E-state index in [2.05, 4.69) is 12.1 Å². The summed E-state index contributed by atoms with van der Waals surface area (Å²) in [5.41, 5.74) is 5.73. The van der Waals surface area contributed by atoms with Crippen molar-refractivity contribution in [2.24, 2.45) is 0 Å². The summed E-state index contributed by atoms with van der Waals surface area (Å²) in [6.07, 6.45) is 3.13. The van der Waals surface area contributed by atoms with Gasteiger partial charge in [-0.05, 0) is 59.9 Å². The minimum Gasteiger partial charge on any atom is -0.512 e. The van der Waals surface area contributed by atoms with E-state index in [0.29, 0.717) is 5.56 Å². The van der Waals surface area contributed by atoms with Crippen molar-refractivity contribution < 1.29 is 37.2 Å². The molecule has 0 bridgehead atoms. The molecule has 4 aromatic carbocycles. The molecule has 5 heteroatoms. The van der Waals surface area contributed by atoms with Gasteiger partial charge in [-0.1, -0.05) is 71.6 Å². The van der Waals surface area contributed by atoms with Crippen molar-refractivity contribution in [2.45, 2.75) is 20.2 Å². The van der Waals surface area contributed by atoms with Gasteiger partial charge in [0, 0.05) is 39.7 Å². The van der Waals surface area contributed by atoms with Crippen LogP contribution in [0.15, 0.2) is 95.1 Å². The number of nitrogens with zero attached hydrogens (tertiary/aromatic N) is 1. The van der Waals surface area contributed by atoms with Gasteiger partial charge in [-0.25, -0.2) is 0 Å². The summed E-state index contributed by atoms with van der Waals surface area (Å²) in [4.78, 5) is 14.9. The third-order valence-electron chi connectivity index (χ3n) is 6.36. The third kappa shape index (κ3) is 4.56. The molecule has 4 nitrogen and oxygen atoms in total. The molecular weight excluding hydrogens is 651 g/mol. The van der Waals surface area contributed by atoms with E-state index in [1.54, 1.807) is 6.08 Å². The van der Waals surface area contributed by atoms with Gasteiger partial charge in [0.15, 0.2) is 5.78 Å². The molecule has 38 heavy (non-hydrogen) atoms. The summed E-state index contributed by atoms with van der Waals surface area (Å²) >= 11 is 0. The normalized spacial score (nSPS) is 14.5. The van der Waals surface area contributed by atoms with Crippen LogP contribution in [-0.2, 0) is 31.3 Å². The van der Waals surface area contributed by atoms with Crippen LogP contribution in [0.3, 0.4) is 0 Å². The molecule has 1 N–H and O–H groups in total. The standard InChI is InChI=1S/C28H16NO.C5H8O2.Ir/c1-2-13-24-17(6-1)14-15-25(29-24)21-11-5-10-20-23-16-19-9-3-7-18-8-4-12-22(26(18)19)28(23)30-27(20)21;1-4(6)3-5(2)7;/h1-8,10,12-16H,9H2;3,6H,1-2H3;/q-1;;/b;4-3-;/i9D2;;. The molecule has 1 aliphatic carbocycles. The SMILES string of the molecule is CC(=O)/C=C(/C)O.[2H]C1([2H])C=Cc2cccc3c2c1cc1c2cc[c-]c(-c4ccc5ccccc5n4)c2oc31.[Ir]. The smallest absolute Gasteiger partial charge is 0.155 e. The van der Waals surface area contributed by atoms with E-state index < -0.39 is 6.37 Å². The van der Waals surface area contributed by atoms with Gasteiger partial charge in [-0.15, -0.1) is 18.2 Å². The number of allylic oxidation sites excluding steroid dienone is 3. The number of hydrogen-bond acceptors (Lipinski definition) is 4. The van der Waals surface area contributed by atoms with Gasteiger partial charge in [0.25, 0.3) is 0 Å². The number of pyridine rings is 1. The Hall–Kier alpha value is -4.05. The number of hydrogen-bond donors (Lipinski definition) is 1. The van der Waals surface area contributed by atoms with Gasteiger partial charge >= 0.3 is 0 Å². The zero-order valence-electron chi connectivity index (χ0n) is 22.7. The van der Waals surface area contributed by atoms with Crippen LogP contribution < -0.4 is 0 Å². The fourth-order valence-electron chi connectivity index (χ4n) is 4.87. The molecule has 0 fully saturated rings. The zero-order valence-corrected chi connectivity index (χ0v) is 23.1. The number of benzene rings is 4. The summed E-state index contributed by atoms with van der Waals surface area (Å²) in [5.74, 6) is -0.0625. The second kappa shape index (κ2) is 10.4. The maximum atomic E-state index is 10.0. The Balaban J connectivity index is 0.000000362. The van der Waals surface area contributed by atoms with Crippen LogP contribution in [0.1, 0.15) is 27.7 Å². The number of carbonyl (C=O) groups is 1. The molecule has 0 unspecified atom stereocenters. The fourth-order valence-corrected chi connectivity index (χ4v) is 4.87. The molecule has 6 aromatic rings. The van der Waals surface area contributed by atoms with Crippen LogP contribution in [0.4, 0.5) is 0 Å². The summed E-state index contributed by atoms with van der Waals surface area (Å²) in [6, 6.07) is 27.3. The molecule has 0 aliphatic heterocycles. The first-order chi connectivity index (χ1) is 18.7. The largest absolute Gasteiger partial charge is 0.512 e. The second-order valence-corrected chi connectivity index (χ2v) is 9.03. The van der Waals surface area contributed by atoms with Crippen LogP contribution >= 0.6 is 0 Å². The number of aromatic nitrogens is 1. The van der Waals surface area contributed by atoms with Crippen LogP contribution in [0, 0.1) is 6.07 Å². The molecule has 2 aromatic heterocycles. The number of carbonyl (C=O) groups excluding carboxylic acids is 1. The Morgan fingerprint density at radius 2 is 1.87 bits per heavy atom. The molecule has 0 saturated heterocycles. The van der Waals surface area contributed by atoms with Crippen molar-refractivity contribution in [3.05, 3.63) is 108 Å². The first-order valence-corrected chi connectivity index (χ1v) is 12.0. The molecule has 1 aliphatic rings. The average Bonchev–Trinajstić information content (AvgIpc) is 3.29. The number of aliphatic hydroxyl groups excluding tert-OH is 1. The van der Waals surface area contributed by atoms with Crippen LogP contribution in [0.2, 0.25) is 0 Å². The van der Waals surface area contributed by atoms with E-state index in [4.69, 9.17) is 17.2 Å². The average molecular weight is 677 g/mol. The fraction of sp³-hybridized carbons (Fsp3) is 0.0909. The van der Waals surface area contributed by atoms with E-state index in [1.807, 2.05) is 72.8 Å². The van der Waals surface area contributed by atoms with Crippen LogP contribution in [0.25, 0.3) is 60.9 Å². The Bertz CT molecular complexity index is 2000. The van der Waals surface area contributed by atoms with E-state index in [9.17, 15) is 4.79 Å². The number of ketones is 1. The topological polar surface area (TPSA) is 63.3 Å². The van der Waals surface area contributed by atoms with Crippen molar-refractivity contribution >= 4 is 55.5 Å². The monoisotopic (exact) mass is 677 g/mol. The molecular formula is C33H24IrNO3-. The number of fused-ring (bicyclic) bond motifs is 5. The first-order valence-electron chi connectivity index (χ1n) is 13.0. The van der Waals surface area contributed by atoms with Crippen molar-refractivity contribution in [2.75, 3.05) is 0 Å². The molecule has 0 spiro atoms. The van der Waals surface area contributed by atoms with Crippen molar-refractivity contribution in [3.8, 4) is 11.3 Å². The number of para-hydroxylation sites is 1. The maximum absolute atomic E-state index is 10.0. The second-order valence-electron chi connectivity index (χ2n) is 9.03. The summed E-state index contributed by atoms with van der Waals surface area (Å²) in [6.45, 7) is 2.85. The van der Waals surface area contributed by atoms with Gasteiger partial charge in [-0.2, -0.15) is 0 Å². The molecule has 7 rings (SSSR count). The number of aliphatic hydroxyl groups is 1. The third-order valence-corrected chi connectivity index (χ3v) is 6.36. The zero-order chi connectivity index (χ0) is 27.3. The van der Waals surface area contributed by atoms with Gasteiger partial charge in [0.2, 0.25) is 0 Å². The first kappa shape index (κ1) is 23.1. The summed E-state index contributed by atoms with van der Waals surface area (Å²) in [7, 11) is 0. The molecule has 1 radical (unpaired) electrons. The minimum absolute atomic E-state index is 0. The minimum atomic E-state index is -1.53. The van der Waals surface area contributed by atoms with Gasteiger partial charge in [0.05, 0.1) is 16.9 Å². The van der Waals surface area contributed by atoms with Crippen molar-refractivity contribution in [1.82, 2.24) is 4.98 Å². The number of furan rings is 1. The van der Waals surface area contributed by atoms with Gasteiger partial charge < -0.3 is 9.52 Å². The molecule has 2 heterocycles. The van der Waals surface area contributed by atoms with Crippen molar-refractivity contribution in [3.63, 3.8) is 0 Å². The predicted octanol–water partition coefficient (Wildman–Crippen LogP) is 8.36. The molecule has 0 amide bonds. The van der Waals surface area contributed by atoms with Gasteiger partial charge in [0.1, 0.15) is 5.58 Å². The quantitative estimate of drug-likeness (QED) is 0.114. The van der Waals surface area contributed by atoms with Crippen molar-refractivity contribution in [1.29, 1.82) is 0 Å².